The summed E-state index contributed by atoms with van der Waals surface area (Å²) in [7, 11) is -3.87. The Morgan fingerprint density at radius 3 is 2.38 bits per heavy atom. The molecule has 0 bridgehead atoms. The van der Waals surface area contributed by atoms with Crippen molar-refractivity contribution < 1.29 is 17.9 Å². The van der Waals surface area contributed by atoms with E-state index in [1.807, 2.05) is 37.3 Å². The molecule has 1 saturated heterocycles. The molecule has 3 aromatic carbocycles. The van der Waals surface area contributed by atoms with Crippen molar-refractivity contribution in [2.45, 2.75) is 30.8 Å². The highest BCUT2D eigenvalue weighted by atomic mass is 32.2. The molecule has 1 N–H and O–H groups in total. The first-order chi connectivity index (χ1) is 16.4. The Bertz CT molecular complexity index is 1290. The maximum Gasteiger partial charge on any atom is 0.267 e. The third kappa shape index (κ3) is 4.33. The second kappa shape index (κ2) is 9.02. The molecule has 2 heterocycles. The zero-order valence-electron chi connectivity index (χ0n) is 19.0. The molecule has 2 aliphatic heterocycles. The maximum atomic E-state index is 13.5. The topological polar surface area (TPSA) is 79.0 Å². The smallest absolute Gasteiger partial charge is 0.267 e. The molecule has 0 spiro atoms. The van der Waals surface area contributed by atoms with Gasteiger partial charge < -0.3 is 15.0 Å². The van der Waals surface area contributed by atoms with Crippen LogP contribution in [0.15, 0.2) is 77.7 Å². The number of sulfonamides is 1. The number of aryl methyl sites for hydroxylation is 1. The van der Waals surface area contributed by atoms with E-state index < -0.39 is 22.0 Å². The summed E-state index contributed by atoms with van der Waals surface area (Å²) in [6.07, 6.45) is 1.40. The molecule has 0 radical (unpaired) electrons. The first-order valence-corrected chi connectivity index (χ1v) is 12.9. The largest absolute Gasteiger partial charge is 0.476 e. The zero-order valence-corrected chi connectivity index (χ0v) is 19.8. The fraction of sp³-hybridized carbons (Fsp3) is 0.269. The molecular weight excluding hydrogens is 450 g/mol. The van der Waals surface area contributed by atoms with Crippen LogP contribution in [0.3, 0.4) is 0 Å². The highest BCUT2D eigenvalue weighted by Gasteiger charge is 2.37. The van der Waals surface area contributed by atoms with Gasteiger partial charge in [0.15, 0.2) is 6.10 Å². The van der Waals surface area contributed by atoms with Crippen LogP contribution in [-0.4, -0.2) is 40.1 Å². The van der Waals surface area contributed by atoms with Gasteiger partial charge in [0.05, 0.1) is 17.1 Å². The van der Waals surface area contributed by atoms with Gasteiger partial charge in [0, 0.05) is 24.5 Å². The minimum atomic E-state index is -3.87. The van der Waals surface area contributed by atoms with Crippen molar-refractivity contribution in [1.82, 2.24) is 0 Å². The Kier molecular flexibility index (Phi) is 5.91. The third-order valence-corrected chi connectivity index (χ3v) is 8.01. The molecule has 0 aromatic heterocycles. The number of nitrogens with zero attached hydrogens (tertiary/aromatic N) is 2. The Labute approximate surface area is 200 Å². The van der Waals surface area contributed by atoms with Crippen LogP contribution in [0.25, 0.3) is 0 Å². The molecule has 1 fully saturated rings. The number of hydrogen-bond donors (Lipinski definition) is 1. The van der Waals surface area contributed by atoms with Crippen LogP contribution in [0.4, 0.5) is 17.1 Å². The lowest BCUT2D eigenvalue weighted by Crippen LogP contribution is -2.48. The van der Waals surface area contributed by atoms with Gasteiger partial charge in [-0.25, -0.2) is 8.42 Å². The van der Waals surface area contributed by atoms with Crippen molar-refractivity contribution >= 4 is 33.0 Å². The molecule has 176 valence electrons. The summed E-state index contributed by atoms with van der Waals surface area (Å²) < 4.78 is 34.2. The normalized spacial score (nSPS) is 17.7. The second-order valence-corrected chi connectivity index (χ2v) is 10.5. The van der Waals surface area contributed by atoms with Crippen molar-refractivity contribution in [3.8, 4) is 5.75 Å². The summed E-state index contributed by atoms with van der Waals surface area (Å²) in [5.41, 5.74) is 3.11. The minimum absolute atomic E-state index is 0.120. The standard InChI is InChI=1S/C26H27N3O4S/c1-19-9-14-23-24(17-19)33-25(18-29(23)34(31,32)22-7-3-2-4-8-22)26(30)27-20-10-12-21(13-11-20)28-15-5-6-16-28/h2-4,7-14,17,25H,5-6,15-16,18H2,1H3,(H,27,30)/t25-/m0/s1. The molecule has 0 aliphatic carbocycles. The average molecular weight is 478 g/mol. The Balaban J connectivity index is 1.39. The van der Waals surface area contributed by atoms with Crippen LogP contribution in [-0.2, 0) is 14.8 Å². The van der Waals surface area contributed by atoms with Crippen LogP contribution in [0.5, 0.6) is 5.75 Å². The molecule has 2 aliphatic rings. The van der Waals surface area contributed by atoms with E-state index in [0.717, 1.165) is 24.3 Å². The summed E-state index contributed by atoms with van der Waals surface area (Å²) >= 11 is 0. The number of hydrogen-bond acceptors (Lipinski definition) is 5. The van der Waals surface area contributed by atoms with Gasteiger partial charge in [0.2, 0.25) is 0 Å². The van der Waals surface area contributed by atoms with E-state index in [1.54, 1.807) is 42.5 Å². The van der Waals surface area contributed by atoms with Crippen LogP contribution in [0.1, 0.15) is 18.4 Å². The lowest BCUT2D eigenvalue weighted by Gasteiger charge is -2.35. The number of carbonyl (C=O) groups excluding carboxylic acids is 1. The van der Waals surface area contributed by atoms with Crippen molar-refractivity contribution in [2.75, 3.05) is 34.2 Å². The average Bonchev–Trinajstić information content (AvgIpc) is 3.39. The first kappa shape index (κ1) is 22.3. The van der Waals surface area contributed by atoms with Crippen LogP contribution in [0, 0.1) is 6.92 Å². The maximum absolute atomic E-state index is 13.5. The summed E-state index contributed by atoms with van der Waals surface area (Å²) in [4.78, 5) is 15.6. The van der Waals surface area contributed by atoms with Crippen molar-refractivity contribution in [1.29, 1.82) is 0 Å². The molecule has 3 aromatic rings. The fourth-order valence-corrected chi connectivity index (χ4v) is 5.90. The molecule has 1 atom stereocenters. The molecule has 0 saturated carbocycles. The minimum Gasteiger partial charge on any atom is -0.476 e. The number of fused-ring (bicyclic) bond motifs is 1. The number of rotatable bonds is 5. The van der Waals surface area contributed by atoms with E-state index >= 15 is 0 Å². The molecular formula is C26H27N3O4S. The Morgan fingerprint density at radius 1 is 0.971 bits per heavy atom. The van der Waals surface area contributed by atoms with E-state index in [4.69, 9.17) is 4.74 Å². The van der Waals surface area contributed by atoms with Gasteiger partial charge in [0.1, 0.15) is 5.75 Å². The van der Waals surface area contributed by atoms with Crippen LogP contribution < -0.4 is 19.3 Å². The predicted octanol–water partition coefficient (Wildman–Crippen LogP) is 4.19. The number of amides is 1. The van der Waals surface area contributed by atoms with Crippen molar-refractivity contribution in [3.63, 3.8) is 0 Å². The first-order valence-electron chi connectivity index (χ1n) is 11.4. The number of nitrogens with one attached hydrogen (secondary N) is 1. The number of anilines is 3. The Morgan fingerprint density at radius 2 is 1.68 bits per heavy atom. The summed E-state index contributed by atoms with van der Waals surface area (Å²) in [6.45, 7) is 3.87. The van der Waals surface area contributed by atoms with Crippen LogP contribution in [0.2, 0.25) is 0 Å². The van der Waals surface area contributed by atoms with Gasteiger partial charge in [-0.2, -0.15) is 0 Å². The summed E-state index contributed by atoms with van der Waals surface area (Å²) in [5.74, 6) is -0.0235. The van der Waals surface area contributed by atoms with E-state index in [0.29, 0.717) is 17.1 Å². The Hall–Kier alpha value is -3.52. The van der Waals surface area contributed by atoms with E-state index in [1.165, 1.54) is 17.1 Å². The highest BCUT2D eigenvalue weighted by Crippen LogP contribution is 2.38. The van der Waals surface area contributed by atoms with E-state index in [-0.39, 0.29) is 11.4 Å². The van der Waals surface area contributed by atoms with Gasteiger partial charge in [-0.3, -0.25) is 9.10 Å². The quantitative estimate of drug-likeness (QED) is 0.596. The van der Waals surface area contributed by atoms with Crippen molar-refractivity contribution in [3.05, 3.63) is 78.4 Å². The fourth-order valence-electron chi connectivity index (χ4n) is 4.40. The van der Waals surface area contributed by atoms with Gasteiger partial charge in [-0.15, -0.1) is 0 Å². The van der Waals surface area contributed by atoms with Crippen LogP contribution >= 0.6 is 0 Å². The second-order valence-electron chi connectivity index (χ2n) is 8.66. The highest BCUT2D eigenvalue weighted by molar-refractivity contribution is 7.92. The van der Waals surface area contributed by atoms with Gasteiger partial charge >= 0.3 is 0 Å². The zero-order chi connectivity index (χ0) is 23.7. The molecule has 8 heteroatoms. The number of benzene rings is 3. The molecule has 1 amide bonds. The summed E-state index contributed by atoms with van der Waals surface area (Å²) in [5, 5.41) is 2.88. The van der Waals surface area contributed by atoms with Gasteiger partial charge in [-0.1, -0.05) is 24.3 Å². The van der Waals surface area contributed by atoms with E-state index in [9.17, 15) is 13.2 Å². The number of carbonyl (C=O) groups is 1. The van der Waals surface area contributed by atoms with E-state index in [2.05, 4.69) is 10.2 Å². The SMILES string of the molecule is Cc1ccc2c(c1)O[C@H](C(=O)Nc1ccc(N3CCCC3)cc1)CN2S(=O)(=O)c1ccccc1. The molecule has 34 heavy (non-hydrogen) atoms. The number of ether oxygens (including phenoxy) is 1. The summed E-state index contributed by atoms with van der Waals surface area (Å²) in [6, 6.07) is 21.3. The van der Waals surface area contributed by atoms with Gasteiger partial charge in [-0.05, 0) is 73.9 Å². The van der Waals surface area contributed by atoms with Gasteiger partial charge in [0.25, 0.3) is 15.9 Å². The monoisotopic (exact) mass is 477 g/mol. The molecule has 7 nitrogen and oxygen atoms in total. The molecule has 5 rings (SSSR count). The predicted molar refractivity (Wildman–Crippen MR) is 133 cm³/mol. The lowest BCUT2D eigenvalue weighted by atomic mass is 10.1. The van der Waals surface area contributed by atoms with Crippen molar-refractivity contribution in [2.24, 2.45) is 0 Å². The third-order valence-electron chi connectivity index (χ3n) is 6.21. The lowest BCUT2D eigenvalue weighted by molar-refractivity contribution is -0.122. The molecule has 0 unspecified atom stereocenters.